The molecule has 0 saturated heterocycles. The molecular formula is C27H28N2O3S. The number of nitrogens with zero attached hydrogens (tertiary/aromatic N) is 1. The quantitative estimate of drug-likeness (QED) is 0.540. The first kappa shape index (κ1) is 21.7. The van der Waals surface area contributed by atoms with Gasteiger partial charge in [-0.05, 0) is 60.9 Å². The molecule has 2 aliphatic carbocycles. The van der Waals surface area contributed by atoms with Crippen LogP contribution in [0.15, 0.2) is 89.8 Å². The number of fused-ring (bicyclic) bond motifs is 2. The molecule has 3 aromatic rings. The average Bonchev–Trinajstić information content (AvgIpc) is 3.47. The van der Waals surface area contributed by atoms with Crippen LogP contribution in [0.5, 0.6) is 0 Å². The summed E-state index contributed by atoms with van der Waals surface area (Å²) >= 11 is 0. The van der Waals surface area contributed by atoms with E-state index < -0.39 is 10.0 Å². The highest BCUT2D eigenvalue weighted by Gasteiger charge is 2.40. The van der Waals surface area contributed by atoms with E-state index in [9.17, 15) is 13.2 Å². The van der Waals surface area contributed by atoms with Gasteiger partial charge in [-0.25, -0.2) is 8.42 Å². The van der Waals surface area contributed by atoms with E-state index >= 15 is 0 Å². The van der Waals surface area contributed by atoms with Crippen LogP contribution in [-0.2, 0) is 16.6 Å². The molecule has 0 aromatic heterocycles. The van der Waals surface area contributed by atoms with Crippen molar-refractivity contribution in [2.45, 2.75) is 43.2 Å². The van der Waals surface area contributed by atoms with E-state index in [1.165, 1.54) is 23.6 Å². The zero-order valence-corrected chi connectivity index (χ0v) is 19.2. The van der Waals surface area contributed by atoms with Crippen LogP contribution in [0.25, 0.3) is 0 Å². The van der Waals surface area contributed by atoms with E-state index in [0.717, 1.165) is 12.0 Å². The number of carbonyl (C=O) groups is 1. The lowest BCUT2D eigenvalue weighted by Crippen LogP contribution is -2.40. The summed E-state index contributed by atoms with van der Waals surface area (Å²) in [6, 6.07) is 25.0. The second-order valence-electron chi connectivity index (χ2n) is 9.08. The topological polar surface area (TPSA) is 66.5 Å². The summed E-state index contributed by atoms with van der Waals surface area (Å²) in [5.41, 5.74) is 1.63. The minimum absolute atomic E-state index is 0.135. The lowest BCUT2D eigenvalue weighted by atomic mass is 9.95. The number of hydrogen-bond acceptors (Lipinski definition) is 3. The molecule has 5 nitrogen and oxygen atoms in total. The normalized spacial score (nSPS) is 21.6. The standard InChI is InChI=1S/C27H28N2O3S/c30-27(28-25-18-21-15-16-22(25)17-21)24-13-7-8-14-26(24)29(19-20-9-3-1-4-10-20)33(31,32)23-11-5-2-6-12-23/h1-14,21-22,25H,15-19H2,(H,28,30)/t21-,22-,25-/m1/s1. The van der Waals surface area contributed by atoms with E-state index in [1.807, 2.05) is 30.3 Å². The van der Waals surface area contributed by atoms with Crippen molar-refractivity contribution < 1.29 is 13.2 Å². The number of hydrogen-bond donors (Lipinski definition) is 1. The first-order valence-electron chi connectivity index (χ1n) is 11.5. The molecule has 2 fully saturated rings. The second-order valence-corrected chi connectivity index (χ2v) is 10.9. The van der Waals surface area contributed by atoms with Crippen LogP contribution in [0.4, 0.5) is 5.69 Å². The van der Waals surface area contributed by atoms with Gasteiger partial charge >= 0.3 is 0 Å². The number of carbonyl (C=O) groups excluding carboxylic acids is 1. The summed E-state index contributed by atoms with van der Waals surface area (Å²) in [6.07, 6.45) is 4.64. The Morgan fingerprint density at radius 3 is 2.18 bits per heavy atom. The number of nitrogens with one attached hydrogen (secondary N) is 1. The molecule has 0 spiro atoms. The monoisotopic (exact) mass is 460 g/mol. The molecule has 3 atom stereocenters. The maximum Gasteiger partial charge on any atom is 0.264 e. The molecule has 0 unspecified atom stereocenters. The Labute approximate surface area is 195 Å². The molecule has 1 N–H and O–H groups in total. The predicted molar refractivity (Wildman–Crippen MR) is 129 cm³/mol. The van der Waals surface area contributed by atoms with Crippen molar-refractivity contribution in [3.63, 3.8) is 0 Å². The van der Waals surface area contributed by atoms with Gasteiger partial charge in [0, 0.05) is 6.04 Å². The van der Waals surface area contributed by atoms with Gasteiger partial charge in [0.2, 0.25) is 0 Å². The molecular weight excluding hydrogens is 432 g/mol. The Hall–Kier alpha value is -3.12. The summed E-state index contributed by atoms with van der Waals surface area (Å²) in [4.78, 5) is 13.6. The first-order valence-corrected chi connectivity index (χ1v) is 13.0. The van der Waals surface area contributed by atoms with Gasteiger partial charge in [0.1, 0.15) is 0 Å². The summed E-state index contributed by atoms with van der Waals surface area (Å²) in [6.45, 7) is 0.135. The van der Waals surface area contributed by atoms with E-state index in [0.29, 0.717) is 23.1 Å². The molecule has 2 aliphatic rings. The van der Waals surface area contributed by atoms with Crippen molar-refractivity contribution in [2.24, 2.45) is 11.8 Å². The van der Waals surface area contributed by atoms with Crippen molar-refractivity contribution >= 4 is 21.6 Å². The Kier molecular flexibility index (Phi) is 5.94. The lowest BCUT2D eigenvalue weighted by Gasteiger charge is -2.28. The number of anilines is 1. The van der Waals surface area contributed by atoms with Crippen molar-refractivity contribution in [1.29, 1.82) is 0 Å². The number of sulfonamides is 1. The zero-order valence-electron chi connectivity index (χ0n) is 18.4. The van der Waals surface area contributed by atoms with Gasteiger partial charge in [-0.1, -0.05) is 67.1 Å². The summed E-state index contributed by atoms with van der Waals surface area (Å²) in [5, 5.41) is 3.22. The number of rotatable bonds is 7. The van der Waals surface area contributed by atoms with Crippen LogP contribution >= 0.6 is 0 Å². The summed E-state index contributed by atoms with van der Waals surface area (Å²) in [5.74, 6) is 1.05. The van der Waals surface area contributed by atoms with Crippen LogP contribution in [0.2, 0.25) is 0 Å². The minimum atomic E-state index is -3.89. The minimum Gasteiger partial charge on any atom is -0.349 e. The lowest BCUT2D eigenvalue weighted by molar-refractivity contribution is 0.0923. The van der Waals surface area contributed by atoms with E-state index in [1.54, 1.807) is 54.6 Å². The second kappa shape index (κ2) is 9.02. The van der Waals surface area contributed by atoms with Gasteiger partial charge in [0.25, 0.3) is 15.9 Å². The third-order valence-electron chi connectivity index (χ3n) is 6.97. The SMILES string of the molecule is O=C(N[C@@H]1C[C@@H]2CC[C@@H]1C2)c1ccccc1N(Cc1ccccc1)S(=O)(=O)c1ccccc1. The molecule has 2 bridgehead atoms. The molecule has 0 heterocycles. The number of benzene rings is 3. The van der Waals surface area contributed by atoms with Gasteiger partial charge in [-0.15, -0.1) is 0 Å². The molecule has 1 amide bonds. The van der Waals surface area contributed by atoms with Gasteiger partial charge in [-0.2, -0.15) is 0 Å². The van der Waals surface area contributed by atoms with Gasteiger partial charge in [0.15, 0.2) is 0 Å². The van der Waals surface area contributed by atoms with Gasteiger partial charge in [-0.3, -0.25) is 9.10 Å². The zero-order chi connectivity index (χ0) is 22.8. The largest absolute Gasteiger partial charge is 0.349 e. The van der Waals surface area contributed by atoms with Crippen LogP contribution in [0, 0.1) is 11.8 Å². The Bertz CT molecular complexity index is 1230. The third kappa shape index (κ3) is 4.40. The molecule has 3 aromatic carbocycles. The van der Waals surface area contributed by atoms with Crippen molar-refractivity contribution in [2.75, 3.05) is 4.31 Å². The van der Waals surface area contributed by atoms with Crippen molar-refractivity contribution in [3.05, 3.63) is 96.1 Å². The molecule has 0 aliphatic heterocycles. The number of para-hydroxylation sites is 1. The highest BCUT2D eigenvalue weighted by atomic mass is 32.2. The highest BCUT2D eigenvalue weighted by Crippen LogP contribution is 2.44. The Balaban J connectivity index is 1.52. The van der Waals surface area contributed by atoms with Crippen LogP contribution in [-0.4, -0.2) is 20.4 Å². The smallest absolute Gasteiger partial charge is 0.264 e. The fraction of sp³-hybridized carbons (Fsp3) is 0.296. The molecule has 2 saturated carbocycles. The summed E-state index contributed by atoms with van der Waals surface area (Å²) < 4.78 is 28.9. The van der Waals surface area contributed by atoms with Crippen LogP contribution < -0.4 is 9.62 Å². The maximum atomic E-state index is 13.8. The summed E-state index contributed by atoms with van der Waals surface area (Å²) in [7, 11) is -3.89. The van der Waals surface area contributed by atoms with Crippen molar-refractivity contribution in [1.82, 2.24) is 5.32 Å². The first-order chi connectivity index (χ1) is 16.0. The third-order valence-corrected chi connectivity index (χ3v) is 8.75. The Morgan fingerprint density at radius 1 is 0.848 bits per heavy atom. The maximum absolute atomic E-state index is 13.8. The number of amides is 1. The van der Waals surface area contributed by atoms with Crippen LogP contribution in [0.1, 0.15) is 41.6 Å². The van der Waals surface area contributed by atoms with Gasteiger partial charge < -0.3 is 5.32 Å². The van der Waals surface area contributed by atoms with Crippen molar-refractivity contribution in [3.8, 4) is 0 Å². The average molecular weight is 461 g/mol. The molecule has 5 rings (SSSR count). The fourth-order valence-electron chi connectivity index (χ4n) is 5.32. The molecule has 33 heavy (non-hydrogen) atoms. The molecule has 0 radical (unpaired) electrons. The van der Waals surface area contributed by atoms with E-state index in [2.05, 4.69) is 5.32 Å². The molecule has 170 valence electrons. The van der Waals surface area contributed by atoms with Gasteiger partial charge in [0.05, 0.1) is 22.7 Å². The fourth-order valence-corrected chi connectivity index (χ4v) is 6.81. The molecule has 6 heteroatoms. The Morgan fingerprint density at radius 2 is 1.52 bits per heavy atom. The van der Waals surface area contributed by atoms with E-state index in [-0.39, 0.29) is 23.4 Å². The van der Waals surface area contributed by atoms with E-state index in [4.69, 9.17) is 0 Å². The van der Waals surface area contributed by atoms with Crippen LogP contribution in [0.3, 0.4) is 0 Å². The highest BCUT2D eigenvalue weighted by molar-refractivity contribution is 7.92. The predicted octanol–water partition coefficient (Wildman–Crippen LogP) is 5.00.